The number of nitrogens with one attached hydrogen (secondary N) is 1. The smallest absolute Gasteiger partial charge is 0.253 e. The summed E-state index contributed by atoms with van der Waals surface area (Å²) in [5.41, 5.74) is 1.80. The summed E-state index contributed by atoms with van der Waals surface area (Å²) in [5.74, 6) is 1.63. The molecule has 0 radical (unpaired) electrons. The van der Waals surface area contributed by atoms with E-state index in [2.05, 4.69) is 23.3 Å². The summed E-state index contributed by atoms with van der Waals surface area (Å²) in [5, 5.41) is 3.28. The molecule has 0 atom stereocenters. The van der Waals surface area contributed by atoms with Gasteiger partial charge in [-0.15, -0.1) is 0 Å². The SMILES string of the molecule is CCCCN(C)C(=O)c1ccnc(NCCc2ccccc2OC)c1. The van der Waals surface area contributed by atoms with Crippen molar-refractivity contribution in [2.45, 2.75) is 26.2 Å². The molecule has 5 nitrogen and oxygen atoms in total. The Morgan fingerprint density at radius 3 is 2.84 bits per heavy atom. The van der Waals surface area contributed by atoms with Gasteiger partial charge < -0.3 is 15.0 Å². The number of carbonyl (C=O) groups excluding carboxylic acids is 1. The summed E-state index contributed by atoms with van der Waals surface area (Å²) in [6, 6.07) is 11.5. The Labute approximate surface area is 150 Å². The topological polar surface area (TPSA) is 54.5 Å². The fourth-order valence-electron chi connectivity index (χ4n) is 2.61. The molecule has 1 amide bonds. The number of hydrogen-bond donors (Lipinski definition) is 1. The van der Waals surface area contributed by atoms with Gasteiger partial charge in [-0.05, 0) is 36.6 Å². The standard InChI is InChI=1S/C20H27N3O2/c1-4-5-14-23(2)20(24)17-11-13-22-19(15-17)21-12-10-16-8-6-7-9-18(16)25-3/h6-9,11,13,15H,4-5,10,12,14H2,1-3H3,(H,21,22). The van der Waals surface area contributed by atoms with E-state index in [1.807, 2.05) is 31.3 Å². The predicted molar refractivity (Wildman–Crippen MR) is 101 cm³/mol. The number of ether oxygens (including phenoxy) is 1. The van der Waals surface area contributed by atoms with E-state index in [4.69, 9.17) is 4.74 Å². The van der Waals surface area contributed by atoms with Crippen LogP contribution in [0.5, 0.6) is 5.75 Å². The molecule has 0 saturated carbocycles. The molecule has 1 heterocycles. The highest BCUT2D eigenvalue weighted by atomic mass is 16.5. The molecule has 0 aliphatic rings. The van der Waals surface area contributed by atoms with E-state index in [9.17, 15) is 4.79 Å². The van der Waals surface area contributed by atoms with Crippen molar-refractivity contribution in [3.8, 4) is 5.75 Å². The second-order valence-corrected chi connectivity index (χ2v) is 6.00. The number of para-hydroxylation sites is 1. The molecular formula is C20H27N3O2. The van der Waals surface area contributed by atoms with Crippen LogP contribution in [0.3, 0.4) is 0 Å². The number of pyridine rings is 1. The van der Waals surface area contributed by atoms with Gasteiger partial charge in [0, 0.05) is 31.9 Å². The molecule has 0 aliphatic heterocycles. The van der Waals surface area contributed by atoms with E-state index in [1.165, 1.54) is 0 Å². The third-order valence-electron chi connectivity index (χ3n) is 4.09. The van der Waals surface area contributed by atoms with Crippen molar-refractivity contribution < 1.29 is 9.53 Å². The third-order valence-corrected chi connectivity index (χ3v) is 4.09. The Balaban J connectivity index is 1.94. The molecular weight excluding hydrogens is 314 g/mol. The zero-order valence-electron chi connectivity index (χ0n) is 15.3. The zero-order chi connectivity index (χ0) is 18.1. The predicted octanol–water partition coefficient (Wildman–Crippen LogP) is 3.62. The number of carbonyl (C=O) groups is 1. The minimum atomic E-state index is 0.0311. The lowest BCUT2D eigenvalue weighted by Gasteiger charge is -2.17. The lowest BCUT2D eigenvalue weighted by Crippen LogP contribution is -2.27. The zero-order valence-corrected chi connectivity index (χ0v) is 15.3. The van der Waals surface area contributed by atoms with Crippen LogP contribution in [-0.2, 0) is 6.42 Å². The summed E-state index contributed by atoms with van der Waals surface area (Å²) >= 11 is 0. The normalized spacial score (nSPS) is 10.4. The molecule has 1 N–H and O–H groups in total. The molecule has 0 saturated heterocycles. The molecule has 0 aliphatic carbocycles. The minimum Gasteiger partial charge on any atom is -0.496 e. The first-order valence-electron chi connectivity index (χ1n) is 8.73. The van der Waals surface area contributed by atoms with E-state index in [0.29, 0.717) is 11.4 Å². The van der Waals surface area contributed by atoms with Crippen LogP contribution in [0, 0.1) is 0 Å². The van der Waals surface area contributed by atoms with Gasteiger partial charge in [-0.25, -0.2) is 4.98 Å². The lowest BCUT2D eigenvalue weighted by molar-refractivity contribution is 0.0793. The van der Waals surface area contributed by atoms with Crippen molar-refractivity contribution in [2.75, 3.05) is 32.6 Å². The van der Waals surface area contributed by atoms with Crippen molar-refractivity contribution in [2.24, 2.45) is 0 Å². The maximum atomic E-state index is 12.4. The first-order chi connectivity index (χ1) is 12.2. The average Bonchev–Trinajstić information content (AvgIpc) is 2.66. The van der Waals surface area contributed by atoms with E-state index in [-0.39, 0.29) is 5.91 Å². The Morgan fingerprint density at radius 1 is 1.28 bits per heavy atom. The fraction of sp³-hybridized carbons (Fsp3) is 0.400. The van der Waals surface area contributed by atoms with Crippen LogP contribution in [0.2, 0.25) is 0 Å². The number of methoxy groups -OCH3 is 1. The first kappa shape index (κ1) is 18.8. The van der Waals surface area contributed by atoms with Crippen molar-refractivity contribution in [1.29, 1.82) is 0 Å². The highest BCUT2D eigenvalue weighted by molar-refractivity contribution is 5.94. The second kappa shape index (κ2) is 9.67. The van der Waals surface area contributed by atoms with Gasteiger partial charge in [0.15, 0.2) is 0 Å². The van der Waals surface area contributed by atoms with Gasteiger partial charge in [0.05, 0.1) is 7.11 Å². The summed E-state index contributed by atoms with van der Waals surface area (Å²) < 4.78 is 5.36. The molecule has 25 heavy (non-hydrogen) atoms. The van der Waals surface area contributed by atoms with Gasteiger partial charge in [0.1, 0.15) is 11.6 Å². The number of rotatable bonds is 9. The quantitative estimate of drug-likeness (QED) is 0.757. The Bertz CT molecular complexity index is 688. The monoisotopic (exact) mass is 341 g/mol. The van der Waals surface area contributed by atoms with Gasteiger partial charge in [0.25, 0.3) is 5.91 Å². The number of hydrogen-bond acceptors (Lipinski definition) is 4. The second-order valence-electron chi connectivity index (χ2n) is 6.00. The number of nitrogens with zero attached hydrogens (tertiary/aromatic N) is 2. The largest absolute Gasteiger partial charge is 0.496 e. The summed E-state index contributed by atoms with van der Waals surface area (Å²) in [6.07, 6.45) is 4.58. The van der Waals surface area contributed by atoms with Gasteiger partial charge in [-0.1, -0.05) is 31.5 Å². The molecule has 1 aromatic heterocycles. The number of aromatic nitrogens is 1. The van der Waals surface area contributed by atoms with Crippen LogP contribution in [-0.4, -0.2) is 43.0 Å². The van der Waals surface area contributed by atoms with Gasteiger partial charge in [0.2, 0.25) is 0 Å². The molecule has 0 bridgehead atoms. The van der Waals surface area contributed by atoms with E-state index >= 15 is 0 Å². The van der Waals surface area contributed by atoms with E-state index < -0.39 is 0 Å². The van der Waals surface area contributed by atoms with Gasteiger partial charge in [-0.2, -0.15) is 0 Å². The molecule has 134 valence electrons. The van der Waals surface area contributed by atoms with Crippen LogP contribution in [0.15, 0.2) is 42.6 Å². The molecule has 0 spiro atoms. The average molecular weight is 341 g/mol. The highest BCUT2D eigenvalue weighted by Gasteiger charge is 2.12. The molecule has 2 aromatic rings. The molecule has 0 fully saturated rings. The minimum absolute atomic E-state index is 0.0311. The summed E-state index contributed by atoms with van der Waals surface area (Å²) in [4.78, 5) is 18.5. The Hall–Kier alpha value is -2.56. The molecule has 5 heteroatoms. The Morgan fingerprint density at radius 2 is 2.08 bits per heavy atom. The van der Waals surface area contributed by atoms with Crippen LogP contribution in [0.4, 0.5) is 5.82 Å². The highest BCUT2D eigenvalue weighted by Crippen LogP contribution is 2.18. The maximum absolute atomic E-state index is 12.4. The molecule has 1 aromatic carbocycles. The van der Waals surface area contributed by atoms with Crippen molar-refractivity contribution in [3.63, 3.8) is 0 Å². The van der Waals surface area contributed by atoms with E-state index in [1.54, 1.807) is 24.3 Å². The van der Waals surface area contributed by atoms with Crippen LogP contribution in [0.1, 0.15) is 35.7 Å². The van der Waals surface area contributed by atoms with E-state index in [0.717, 1.165) is 43.7 Å². The number of amides is 1. The van der Waals surface area contributed by atoms with Crippen molar-refractivity contribution in [1.82, 2.24) is 9.88 Å². The van der Waals surface area contributed by atoms with Gasteiger partial charge >= 0.3 is 0 Å². The van der Waals surface area contributed by atoms with Crippen molar-refractivity contribution >= 4 is 11.7 Å². The third kappa shape index (κ3) is 5.48. The number of anilines is 1. The van der Waals surface area contributed by atoms with Crippen LogP contribution in [0.25, 0.3) is 0 Å². The number of benzene rings is 1. The number of unbranched alkanes of at least 4 members (excludes halogenated alkanes) is 1. The van der Waals surface area contributed by atoms with Crippen LogP contribution >= 0.6 is 0 Å². The summed E-state index contributed by atoms with van der Waals surface area (Å²) in [6.45, 7) is 3.61. The fourth-order valence-corrected chi connectivity index (χ4v) is 2.61. The molecule has 0 unspecified atom stereocenters. The van der Waals surface area contributed by atoms with Gasteiger partial charge in [-0.3, -0.25) is 4.79 Å². The maximum Gasteiger partial charge on any atom is 0.253 e. The van der Waals surface area contributed by atoms with Crippen LogP contribution < -0.4 is 10.1 Å². The molecule has 2 rings (SSSR count). The summed E-state index contributed by atoms with van der Waals surface area (Å²) in [7, 11) is 3.52. The first-order valence-corrected chi connectivity index (χ1v) is 8.73. The Kier molecular flexibility index (Phi) is 7.26. The lowest BCUT2D eigenvalue weighted by atomic mass is 10.1. The van der Waals surface area contributed by atoms with Crippen molar-refractivity contribution in [3.05, 3.63) is 53.7 Å².